The lowest BCUT2D eigenvalue weighted by atomic mass is 9.90. The highest BCUT2D eigenvalue weighted by molar-refractivity contribution is 5.89. The van der Waals surface area contributed by atoms with Crippen molar-refractivity contribution in [2.24, 2.45) is 0 Å². The fourth-order valence-electron chi connectivity index (χ4n) is 4.16. The molecule has 192 valence electrons. The van der Waals surface area contributed by atoms with Gasteiger partial charge in [0.05, 0.1) is 19.9 Å². The Balaban J connectivity index is 1.52. The van der Waals surface area contributed by atoms with Gasteiger partial charge < -0.3 is 25.0 Å². The van der Waals surface area contributed by atoms with Crippen molar-refractivity contribution in [2.45, 2.75) is 58.2 Å². The molecule has 2 N–H and O–H groups in total. The third-order valence-corrected chi connectivity index (χ3v) is 6.11. The van der Waals surface area contributed by atoms with Gasteiger partial charge in [-0.2, -0.15) is 5.10 Å². The Morgan fingerprint density at radius 1 is 1.19 bits per heavy atom. The molecule has 1 aliphatic rings. The highest BCUT2D eigenvalue weighted by Crippen LogP contribution is 2.28. The number of benzene rings is 1. The van der Waals surface area contributed by atoms with E-state index in [0.717, 1.165) is 30.0 Å². The lowest BCUT2D eigenvalue weighted by Gasteiger charge is -2.40. The first-order valence-electron chi connectivity index (χ1n) is 11.9. The van der Waals surface area contributed by atoms with Crippen LogP contribution in [0.5, 0.6) is 5.75 Å². The fourth-order valence-corrected chi connectivity index (χ4v) is 4.16. The van der Waals surface area contributed by atoms with Gasteiger partial charge in [0.15, 0.2) is 17.0 Å². The number of ether oxygens (including phenoxy) is 2. The Hall–Kier alpha value is -3.89. The van der Waals surface area contributed by atoms with Gasteiger partial charge >= 0.3 is 6.09 Å². The summed E-state index contributed by atoms with van der Waals surface area (Å²) in [6.07, 6.45) is 3.33. The van der Waals surface area contributed by atoms with Crippen molar-refractivity contribution < 1.29 is 19.1 Å². The molecule has 0 atom stereocenters. The minimum absolute atomic E-state index is 0.361. The maximum absolute atomic E-state index is 12.3. The summed E-state index contributed by atoms with van der Waals surface area (Å²) in [5.41, 5.74) is 1.19. The van der Waals surface area contributed by atoms with Crippen LogP contribution in [0.2, 0.25) is 0 Å². The second kappa shape index (κ2) is 10.00. The molecule has 0 bridgehead atoms. The van der Waals surface area contributed by atoms with Crippen LogP contribution in [0.25, 0.3) is 11.2 Å². The van der Waals surface area contributed by atoms with E-state index >= 15 is 0 Å². The van der Waals surface area contributed by atoms with Crippen LogP contribution in [0.15, 0.2) is 30.5 Å². The zero-order valence-corrected chi connectivity index (χ0v) is 21.4. The minimum Gasteiger partial charge on any atom is -0.497 e. The van der Waals surface area contributed by atoms with E-state index < -0.39 is 11.7 Å². The molecule has 1 fully saturated rings. The Morgan fingerprint density at radius 3 is 2.50 bits per heavy atom. The second-order valence-electron chi connectivity index (χ2n) is 10.2. The molecule has 1 saturated heterocycles. The highest BCUT2D eigenvalue weighted by atomic mass is 16.6. The molecule has 11 nitrogen and oxygen atoms in total. The van der Waals surface area contributed by atoms with Gasteiger partial charge in [0.25, 0.3) is 0 Å². The van der Waals surface area contributed by atoms with E-state index in [4.69, 9.17) is 14.5 Å². The van der Waals surface area contributed by atoms with Gasteiger partial charge in [0.2, 0.25) is 6.41 Å². The van der Waals surface area contributed by atoms with E-state index in [1.54, 1.807) is 18.0 Å². The van der Waals surface area contributed by atoms with Crippen LogP contribution < -0.4 is 20.3 Å². The number of alkyl carbamates (subject to hydrolysis) is 1. The molecule has 0 saturated carbocycles. The summed E-state index contributed by atoms with van der Waals surface area (Å²) in [5, 5.41) is 10.2. The van der Waals surface area contributed by atoms with Crippen LogP contribution in [-0.2, 0) is 16.1 Å². The van der Waals surface area contributed by atoms with Crippen molar-refractivity contribution in [3.63, 3.8) is 0 Å². The summed E-state index contributed by atoms with van der Waals surface area (Å²) in [4.78, 5) is 35.0. The van der Waals surface area contributed by atoms with Gasteiger partial charge in [0.1, 0.15) is 17.2 Å². The second-order valence-corrected chi connectivity index (χ2v) is 10.2. The minimum atomic E-state index is -0.543. The van der Waals surface area contributed by atoms with Crippen molar-refractivity contribution in [3.05, 3.63) is 36.0 Å². The highest BCUT2D eigenvalue weighted by Gasteiger charge is 2.33. The quantitative estimate of drug-likeness (QED) is 0.479. The number of fused-ring (bicyclic) bond motifs is 1. The Morgan fingerprint density at radius 2 is 1.89 bits per heavy atom. The van der Waals surface area contributed by atoms with Gasteiger partial charge in [-0.05, 0) is 58.2 Å². The van der Waals surface area contributed by atoms with E-state index in [0.29, 0.717) is 43.0 Å². The number of carbonyl (C=O) groups excluding carboxylic acids is 2. The monoisotopic (exact) mass is 495 g/mol. The molecule has 2 aromatic heterocycles. The number of rotatable bonds is 7. The number of carbonyl (C=O) groups is 2. The fraction of sp³-hybridized carbons (Fsp3) is 0.480. The van der Waals surface area contributed by atoms with E-state index in [-0.39, 0.29) is 5.54 Å². The molecular weight excluding hydrogens is 462 g/mol. The average molecular weight is 496 g/mol. The molecule has 2 amide bonds. The maximum atomic E-state index is 12.3. The van der Waals surface area contributed by atoms with Crippen LogP contribution in [0.3, 0.4) is 0 Å². The van der Waals surface area contributed by atoms with Crippen molar-refractivity contribution >= 4 is 35.3 Å². The normalized spacial score (nSPS) is 15.4. The van der Waals surface area contributed by atoms with Gasteiger partial charge in [-0.15, -0.1) is 0 Å². The molecular formula is C25H33N7O4. The Kier molecular flexibility index (Phi) is 7.00. The topological polar surface area (TPSA) is 124 Å². The van der Waals surface area contributed by atoms with Gasteiger partial charge in [-0.3, -0.25) is 4.79 Å². The summed E-state index contributed by atoms with van der Waals surface area (Å²) in [6, 6.07) is 7.69. The number of hydrogen-bond acceptors (Lipinski definition) is 8. The molecule has 4 rings (SSSR count). The average Bonchev–Trinajstić information content (AvgIpc) is 3.15. The Labute approximate surface area is 210 Å². The van der Waals surface area contributed by atoms with Crippen molar-refractivity contribution in [3.8, 4) is 5.75 Å². The van der Waals surface area contributed by atoms with Crippen LogP contribution in [0.4, 0.5) is 16.4 Å². The van der Waals surface area contributed by atoms with Crippen LogP contribution in [0.1, 0.15) is 46.1 Å². The third-order valence-electron chi connectivity index (χ3n) is 6.11. The first-order chi connectivity index (χ1) is 17.1. The third kappa shape index (κ3) is 5.84. The lowest BCUT2D eigenvalue weighted by molar-refractivity contribution is -0.105. The van der Waals surface area contributed by atoms with Crippen LogP contribution in [-0.4, -0.2) is 63.6 Å². The van der Waals surface area contributed by atoms with E-state index in [1.807, 2.05) is 52.0 Å². The zero-order valence-electron chi connectivity index (χ0n) is 21.4. The summed E-state index contributed by atoms with van der Waals surface area (Å²) in [6.45, 7) is 9.42. The first kappa shape index (κ1) is 25.2. The van der Waals surface area contributed by atoms with Gasteiger partial charge in [-0.1, -0.05) is 12.1 Å². The molecule has 0 spiro atoms. The van der Waals surface area contributed by atoms with Gasteiger partial charge in [0, 0.05) is 18.6 Å². The largest absolute Gasteiger partial charge is 0.497 e. The molecule has 3 heterocycles. The lowest BCUT2D eigenvalue weighted by Crippen LogP contribution is -2.54. The number of nitrogens with one attached hydrogen (secondary N) is 2. The molecule has 1 aliphatic heterocycles. The van der Waals surface area contributed by atoms with Crippen molar-refractivity contribution in [1.82, 2.24) is 25.1 Å². The summed E-state index contributed by atoms with van der Waals surface area (Å²) >= 11 is 0. The van der Waals surface area contributed by atoms with Crippen LogP contribution >= 0.6 is 0 Å². The summed E-state index contributed by atoms with van der Waals surface area (Å²) in [5.74, 6) is 1.85. The molecule has 3 aromatic rings. The molecule has 0 radical (unpaired) electrons. The predicted octanol–water partition coefficient (Wildman–Crippen LogP) is 3.34. The summed E-state index contributed by atoms with van der Waals surface area (Å²) < 4.78 is 12.4. The number of nitrogens with zero attached hydrogens (tertiary/aromatic N) is 5. The number of methoxy groups -OCH3 is 1. The molecule has 11 heteroatoms. The number of hydrogen-bond donors (Lipinski definition) is 2. The van der Waals surface area contributed by atoms with Crippen LogP contribution in [0, 0.1) is 0 Å². The van der Waals surface area contributed by atoms with Gasteiger partial charge in [-0.25, -0.2) is 19.4 Å². The zero-order chi connectivity index (χ0) is 25.9. The first-order valence-corrected chi connectivity index (χ1v) is 11.9. The van der Waals surface area contributed by atoms with E-state index in [1.165, 1.54) is 0 Å². The SMILES string of the molecule is COc1ccc(Cn2nc(NC=O)c3ncc(N4CCC(C)(NC(=O)OC(C)(C)C)CC4)nc32)cc1. The standard InChI is InChI=1S/C25H33N7O4/c1-24(2,3)36-23(34)29-25(4)10-12-31(13-11-25)19-14-26-20-21(27-16-33)30-32(22(20)28-19)15-17-6-8-18(35-5)9-7-17/h6-9,14,16H,10-13,15H2,1-5H3,(H,29,34)(H,27,30,33). The van der Waals surface area contributed by atoms with Crippen molar-refractivity contribution in [2.75, 3.05) is 30.4 Å². The predicted molar refractivity (Wildman–Crippen MR) is 136 cm³/mol. The molecule has 36 heavy (non-hydrogen) atoms. The number of amides is 2. The number of aromatic nitrogens is 4. The smallest absolute Gasteiger partial charge is 0.408 e. The van der Waals surface area contributed by atoms with E-state index in [2.05, 4.69) is 25.6 Å². The Bertz CT molecular complexity index is 1230. The molecule has 0 aliphatic carbocycles. The van der Waals surface area contributed by atoms with E-state index in [9.17, 15) is 9.59 Å². The number of anilines is 2. The molecule has 1 aromatic carbocycles. The molecule has 0 unspecified atom stereocenters. The summed E-state index contributed by atoms with van der Waals surface area (Å²) in [7, 11) is 1.63. The van der Waals surface area contributed by atoms with Crippen molar-refractivity contribution in [1.29, 1.82) is 0 Å². The number of piperidine rings is 1. The maximum Gasteiger partial charge on any atom is 0.408 e.